The minimum Gasteiger partial charge on any atom is -0.396 e. The number of halogens is 1. The monoisotopic (exact) mass is 221 g/mol. The molecule has 0 aliphatic heterocycles. The second-order valence-corrected chi connectivity index (χ2v) is 3.07. The van der Waals surface area contributed by atoms with Gasteiger partial charge in [0.05, 0.1) is 11.9 Å². The molecule has 0 aromatic carbocycles. The Morgan fingerprint density at radius 1 is 1.56 bits per heavy atom. The van der Waals surface area contributed by atoms with Gasteiger partial charge in [-0.3, -0.25) is 4.79 Å². The first kappa shape index (κ1) is 11.9. The maximum atomic E-state index is 12.6. The lowest BCUT2D eigenvalue weighted by molar-refractivity contribution is -0.104. The average molecular weight is 221 g/mol. The molecule has 0 radical (unpaired) electrons. The fraction of sp³-hybridized carbons (Fsp3) is 0.0909. The molecule has 0 saturated heterocycles. The summed E-state index contributed by atoms with van der Waals surface area (Å²) in [7, 11) is 1.75. The fourth-order valence-corrected chi connectivity index (χ4v) is 0.976. The van der Waals surface area contributed by atoms with Gasteiger partial charge in [0.2, 0.25) is 0 Å². The first-order valence-corrected chi connectivity index (χ1v) is 4.57. The highest BCUT2D eigenvalue weighted by Crippen LogP contribution is 2.08. The first-order chi connectivity index (χ1) is 7.63. The Morgan fingerprint density at radius 3 is 2.88 bits per heavy atom. The Bertz CT molecular complexity index is 412. The molecule has 0 fully saturated rings. The van der Waals surface area contributed by atoms with Crippen LogP contribution in [0, 0.1) is 5.82 Å². The van der Waals surface area contributed by atoms with E-state index in [1.54, 1.807) is 30.3 Å². The molecule has 0 saturated carbocycles. The van der Waals surface area contributed by atoms with Crippen molar-refractivity contribution >= 4 is 12.1 Å². The van der Waals surface area contributed by atoms with Gasteiger partial charge in [0, 0.05) is 13.2 Å². The highest BCUT2D eigenvalue weighted by atomic mass is 19.1. The van der Waals surface area contributed by atoms with E-state index in [0.717, 1.165) is 6.20 Å². The predicted octanol–water partition coefficient (Wildman–Crippen LogP) is 1.21. The van der Waals surface area contributed by atoms with Crippen LogP contribution in [0.25, 0.3) is 0 Å². The van der Waals surface area contributed by atoms with Crippen LogP contribution >= 0.6 is 0 Å². The van der Waals surface area contributed by atoms with Gasteiger partial charge in [0.15, 0.2) is 6.29 Å². The normalized spacial score (nSPS) is 11.8. The van der Waals surface area contributed by atoms with Crippen molar-refractivity contribution in [2.75, 3.05) is 11.9 Å². The number of rotatable bonds is 4. The fourth-order valence-electron chi connectivity index (χ4n) is 0.976. The summed E-state index contributed by atoms with van der Waals surface area (Å²) in [6, 6.07) is 2.87. The summed E-state index contributed by atoms with van der Waals surface area (Å²) in [4.78, 5) is 15.7. The average Bonchev–Trinajstić information content (AvgIpc) is 2.29. The molecule has 1 aromatic heterocycles. The molecular weight excluding hydrogens is 209 g/mol. The standard InChI is InChI=1S/C11H12FN3O/c1-15(6-2-3-10(13)8-16)11-5-4-9(12)7-14-11/h2-8H,13H2,1H3/b6-2-,10-3+. The zero-order chi connectivity index (χ0) is 12.0. The molecule has 1 aromatic rings. The smallest absolute Gasteiger partial charge is 0.165 e. The van der Waals surface area contributed by atoms with Crippen molar-refractivity contribution in [3.05, 3.63) is 48.2 Å². The van der Waals surface area contributed by atoms with Crippen molar-refractivity contribution in [1.82, 2.24) is 4.98 Å². The molecular formula is C11H12FN3O. The van der Waals surface area contributed by atoms with Crippen LogP contribution in [0.4, 0.5) is 10.2 Å². The van der Waals surface area contributed by atoms with Gasteiger partial charge in [-0.15, -0.1) is 0 Å². The summed E-state index contributed by atoms with van der Waals surface area (Å²) >= 11 is 0. The summed E-state index contributed by atoms with van der Waals surface area (Å²) in [5.41, 5.74) is 5.41. The third-order valence-electron chi connectivity index (χ3n) is 1.81. The Balaban J connectivity index is 2.68. The highest BCUT2D eigenvalue weighted by Gasteiger charge is 1.97. The van der Waals surface area contributed by atoms with E-state index >= 15 is 0 Å². The molecule has 0 atom stereocenters. The van der Waals surface area contributed by atoms with E-state index in [0.29, 0.717) is 12.1 Å². The first-order valence-electron chi connectivity index (χ1n) is 4.57. The van der Waals surface area contributed by atoms with E-state index in [2.05, 4.69) is 4.98 Å². The Labute approximate surface area is 92.9 Å². The van der Waals surface area contributed by atoms with E-state index in [-0.39, 0.29) is 11.5 Å². The third-order valence-corrected chi connectivity index (χ3v) is 1.81. The van der Waals surface area contributed by atoms with Crippen LogP contribution in [0.5, 0.6) is 0 Å². The van der Waals surface area contributed by atoms with Gasteiger partial charge in [-0.25, -0.2) is 9.37 Å². The van der Waals surface area contributed by atoms with Crippen molar-refractivity contribution in [3.63, 3.8) is 0 Å². The lowest BCUT2D eigenvalue weighted by atomic mass is 10.4. The Kier molecular flexibility index (Phi) is 4.20. The molecule has 1 heterocycles. The van der Waals surface area contributed by atoms with Crippen molar-refractivity contribution in [2.24, 2.45) is 5.73 Å². The van der Waals surface area contributed by atoms with E-state index in [1.165, 1.54) is 12.1 Å². The SMILES string of the molecule is CN(/C=C\C=C(\N)C=O)c1ccc(F)cn1. The molecule has 1 rings (SSSR count). The molecule has 4 nitrogen and oxygen atoms in total. The zero-order valence-corrected chi connectivity index (χ0v) is 8.80. The Hall–Kier alpha value is -2.17. The summed E-state index contributed by atoms with van der Waals surface area (Å²) in [5.74, 6) is 0.210. The third kappa shape index (κ3) is 3.53. The number of aromatic nitrogens is 1. The van der Waals surface area contributed by atoms with Gasteiger partial charge in [-0.1, -0.05) is 0 Å². The van der Waals surface area contributed by atoms with Crippen molar-refractivity contribution < 1.29 is 9.18 Å². The van der Waals surface area contributed by atoms with E-state index in [1.807, 2.05) is 0 Å². The van der Waals surface area contributed by atoms with Gasteiger partial charge in [-0.2, -0.15) is 0 Å². The molecule has 84 valence electrons. The maximum absolute atomic E-state index is 12.6. The van der Waals surface area contributed by atoms with E-state index in [4.69, 9.17) is 5.73 Å². The minimum absolute atomic E-state index is 0.136. The molecule has 16 heavy (non-hydrogen) atoms. The second kappa shape index (κ2) is 5.65. The van der Waals surface area contributed by atoms with Crippen molar-refractivity contribution in [2.45, 2.75) is 0 Å². The molecule has 0 unspecified atom stereocenters. The lowest BCUT2D eigenvalue weighted by Gasteiger charge is -2.11. The van der Waals surface area contributed by atoms with E-state index in [9.17, 15) is 9.18 Å². The molecule has 0 aliphatic rings. The van der Waals surface area contributed by atoms with Crippen LogP contribution in [0.2, 0.25) is 0 Å². The Morgan fingerprint density at radius 2 is 2.31 bits per heavy atom. The molecule has 0 bridgehead atoms. The number of nitrogens with zero attached hydrogens (tertiary/aromatic N) is 2. The van der Waals surface area contributed by atoms with Crippen LogP contribution in [0.1, 0.15) is 0 Å². The number of nitrogens with two attached hydrogens (primary N) is 1. The largest absolute Gasteiger partial charge is 0.396 e. The van der Waals surface area contributed by atoms with Gasteiger partial charge in [0.1, 0.15) is 11.6 Å². The van der Waals surface area contributed by atoms with E-state index < -0.39 is 0 Å². The van der Waals surface area contributed by atoms with Gasteiger partial charge in [0.25, 0.3) is 0 Å². The topological polar surface area (TPSA) is 59.2 Å². The number of hydrogen-bond donors (Lipinski definition) is 1. The molecule has 5 heteroatoms. The van der Waals surface area contributed by atoms with Gasteiger partial charge >= 0.3 is 0 Å². The number of hydrogen-bond acceptors (Lipinski definition) is 4. The summed E-state index contributed by atoms with van der Waals surface area (Å²) in [6.45, 7) is 0. The predicted molar refractivity (Wildman–Crippen MR) is 60.1 cm³/mol. The van der Waals surface area contributed by atoms with Crippen LogP contribution in [0.3, 0.4) is 0 Å². The second-order valence-electron chi connectivity index (χ2n) is 3.07. The number of carbonyl (C=O) groups is 1. The number of allylic oxidation sites excluding steroid dienone is 3. The molecule has 2 N–H and O–H groups in total. The number of aldehydes is 1. The number of carbonyl (C=O) groups excluding carboxylic acids is 1. The van der Waals surface area contributed by atoms with Crippen molar-refractivity contribution in [1.29, 1.82) is 0 Å². The lowest BCUT2D eigenvalue weighted by Crippen LogP contribution is -2.09. The number of pyridine rings is 1. The highest BCUT2D eigenvalue weighted by molar-refractivity contribution is 5.72. The van der Waals surface area contributed by atoms with Gasteiger partial charge in [-0.05, 0) is 24.3 Å². The quantitative estimate of drug-likeness (QED) is 0.471. The molecule has 0 spiro atoms. The maximum Gasteiger partial charge on any atom is 0.165 e. The minimum atomic E-state index is -0.383. The number of anilines is 1. The van der Waals surface area contributed by atoms with Gasteiger partial charge < -0.3 is 10.6 Å². The van der Waals surface area contributed by atoms with Crippen LogP contribution in [0.15, 0.2) is 42.4 Å². The zero-order valence-electron chi connectivity index (χ0n) is 8.80. The molecule has 0 amide bonds. The summed E-state index contributed by atoms with van der Waals surface area (Å²) < 4.78 is 12.6. The summed E-state index contributed by atoms with van der Waals surface area (Å²) in [5, 5.41) is 0. The van der Waals surface area contributed by atoms with Crippen LogP contribution in [-0.4, -0.2) is 18.3 Å². The summed E-state index contributed by atoms with van der Waals surface area (Å²) in [6.07, 6.45) is 6.42. The van der Waals surface area contributed by atoms with Crippen molar-refractivity contribution in [3.8, 4) is 0 Å². The molecule has 0 aliphatic carbocycles. The van der Waals surface area contributed by atoms with Crippen LogP contribution in [-0.2, 0) is 4.79 Å². The van der Waals surface area contributed by atoms with Crippen LogP contribution < -0.4 is 10.6 Å².